The van der Waals surface area contributed by atoms with E-state index in [0.717, 1.165) is 0 Å². The SMILES string of the molecule is CN(C)C(CNC(=O)CCCO)c1cccs1. The minimum absolute atomic E-state index is 0.00227. The number of nitrogens with zero attached hydrogens (tertiary/aromatic N) is 1. The van der Waals surface area contributed by atoms with E-state index >= 15 is 0 Å². The van der Waals surface area contributed by atoms with Crippen LogP contribution in [0.1, 0.15) is 23.8 Å². The lowest BCUT2D eigenvalue weighted by atomic mass is 10.2. The Balaban J connectivity index is 2.43. The molecule has 17 heavy (non-hydrogen) atoms. The van der Waals surface area contributed by atoms with Crippen molar-refractivity contribution >= 4 is 17.2 Å². The molecule has 0 aliphatic heterocycles. The molecule has 0 bridgehead atoms. The molecule has 1 unspecified atom stereocenters. The molecule has 0 fully saturated rings. The molecule has 1 heterocycles. The Morgan fingerprint density at radius 3 is 2.88 bits per heavy atom. The second-order valence-corrected chi connectivity index (χ2v) is 5.11. The van der Waals surface area contributed by atoms with Crippen LogP contribution in [-0.2, 0) is 4.79 Å². The van der Waals surface area contributed by atoms with Crippen LogP contribution in [0.2, 0.25) is 0 Å². The smallest absolute Gasteiger partial charge is 0.220 e. The van der Waals surface area contributed by atoms with Gasteiger partial charge in [-0.05, 0) is 32.0 Å². The van der Waals surface area contributed by atoms with Crippen LogP contribution in [-0.4, -0.2) is 43.2 Å². The molecule has 0 saturated carbocycles. The van der Waals surface area contributed by atoms with Crippen LogP contribution in [0.5, 0.6) is 0 Å². The lowest BCUT2D eigenvalue weighted by Gasteiger charge is -2.23. The number of rotatable bonds is 7. The highest BCUT2D eigenvalue weighted by Gasteiger charge is 2.15. The monoisotopic (exact) mass is 256 g/mol. The maximum absolute atomic E-state index is 11.5. The number of hydrogen-bond acceptors (Lipinski definition) is 4. The molecule has 0 radical (unpaired) electrons. The van der Waals surface area contributed by atoms with Gasteiger partial charge in [-0.1, -0.05) is 6.07 Å². The molecule has 1 amide bonds. The van der Waals surface area contributed by atoms with Crippen LogP contribution in [0.3, 0.4) is 0 Å². The lowest BCUT2D eigenvalue weighted by Crippen LogP contribution is -2.34. The molecular weight excluding hydrogens is 236 g/mol. The van der Waals surface area contributed by atoms with Gasteiger partial charge in [0.25, 0.3) is 0 Å². The molecule has 4 nitrogen and oxygen atoms in total. The second-order valence-electron chi connectivity index (χ2n) is 4.13. The number of carbonyl (C=O) groups is 1. The van der Waals surface area contributed by atoms with E-state index in [1.807, 2.05) is 25.5 Å². The summed E-state index contributed by atoms with van der Waals surface area (Å²) < 4.78 is 0. The summed E-state index contributed by atoms with van der Waals surface area (Å²) in [4.78, 5) is 14.8. The maximum atomic E-state index is 11.5. The Labute approximate surface area is 106 Å². The predicted octanol–water partition coefficient (Wildman–Crippen LogP) is 1.24. The Morgan fingerprint density at radius 1 is 1.59 bits per heavy atom. The van der Waals surface area contributed by atoms with Gasteiger partial charge in [-0.15, -0.1) is 11.3 Å². The highest BCUT2D eigenvalue weighted by molar-refractivity contribution is 7.10. The van der Waals surface area contributed by atoms with Gasteiger partial charge in [0.15, 0.2) is 0 Å². The quantitative estimate of drug-likeness (QED) is 0.772. The van der Waals surface area contributed by atoms with Crippen molar-refractivity contribution in [3.05, 3.63) is 22.4 Å². The van der Waals surface area contributed by atoms with E-state index in [0.29, 0.717) is 19.4 Å². The zero-order valence-corrected chi connectivity index (χ0v) is 11.2. The summed E-state index contributed by atoms with van der Waals surface area (Å²) >= 11 is 1.70. The van der Waals surface area contributed by atoms with E-state index in [-0.39, 0.29) is 18.6 Å². The molecule has 0 aromatic carbocycles. The van der Waals surface area contributed by atoms with Gasteiger partial charge in [0, 0.05) is 24.4 Å². The Morgan fingerprint density at radius 2 is 2.35 bits per heavy atom. The highest BCUT2D eigenvalue weighted by Crippen LogP contribution is 2.22. The average molecular weight is 256 g/mol. The fourth-order valence-electron chi connectivity index (χ4n) is 1.56. The molecule has 1 atom stereocenters. The average Bonchev–Trinajstić information content (AvgIpc) is 2.79. The molecule has 1 aromatic rings. The topological polar surface area (TPSA) is 52.6 Å². The third-order valence-electron chi connectivity index (χ3n) is 2.55. The lowest BCUT2D eigenvalue weighted by molar-refractivity contribution is -0.121. The Bertz CT molecular complexity index is 325. The molecule has 2 N–H and O–H groups in total. The standard InChI is InChI=1S/C12H20N2O2S/c1-14(2)10(11-5-4-8-17-11)9-13-12(16)6-3-7-15/h4-5,8,10,15H,3,6-7,9H2,1-2H3,(H,13,16). The number of likely N-dealkylation sites (N-methyl/N-ethyl adjacent to an activating group) is 1. The van der Waals surface area contributed by atoms with Gasteiger partial charge >= 0.3 is 0 Å². The molecule has 96 valence electrons. The van der Waals surface area contributed by atoms with Gasteiger partial charge < -0.3 is 15.3 Å². The molecule has 1 aromatic heterocycles. The molecule has 0 aliphatic rings. The summed E-state index contributed by atoms with van der Waals surface area (Å²) in [5.41, 5.74) is 0. The van der Waals surface area contributed by atoms with Crippen molar-refractivity contribution in [2.75, 3.05) is 27.2 Å². The van der Waals surface area contributed by atoms with E-state index < -0.39 is 0 Å². The molecule has 5 heteroatoms. The zero-order valence-electron chi connectivity index (χ0n) is 10.3. The summed E-state index contributed by atoms with van der Waals surface area (Å²) in [5, 5.41) is 13.6. The van der Waals surface area contributed by atoms with Crippen LogP contribution >= 0.6 is 11.3 Å². The summed E-state index contributed by atoms with van der Waals surface area (Å²) in [7, 11) is 4.01. The van der Waals surface area contributed by atoms with Gasteiger partial charge in [0.05, 0.1) is 6.04 Å². The van der Waals surface area contributed by atoms with Gasteiger partial charge in [0.1, 0.15) is 0 Å². The van der Waals surface area contributed by atoms with E-state index in [1.54, 1.807) is 11.3 Å². The summed E-state index contributed by atoms with van der Waals surface area (Å²) in [5.74, 6) is 0.00227. The third kappa shape index (κ3) is 4.85. The molecule has 0 aliphatic carbocycles. The van der Waals surface area contributed by atoms with E-state index in [4.69, 9.17) is 5.11 Å². The van der Waals surface area contributed by atoms with Crippen molar-refractivity contribution in [2.45, 2.75) is 18.9 Å². The third-order valence-corrected chi connectivity index (χ3v) is 3.52. The molecule has 0 saturated heterocycles. The Kier molecular flexibility index (Phi) is 6.18. The number of nitrogens with one attached hydrogen (secondary N) is 1. The first-order valence-corrected chi connectivity index (χ1v) is 6.60. The first kappa shape index (κ1) is 14.2. The van der Waals surface area contributed by atoms with Gasteiger partial charge in [0.2, 0.25) is 5.91 Å². The highest BCUT2D eigenvalue weighted by atomic mass is 32.1. The van der Waals surface area contributed by atoms with Crippen LogP contribution < -0.4 is 5.32 Å². The number of aliphatic hydroxyl groups excluding tert-OH is 1. The summed E-state index contributed by atoms with van der Waals surface area (Å²) in [6.07, 6.45) is 0.915. The van der Waals surface area contributed by atoms with Gasteiger partial charge in [-0.2, -0.15) is 0 Å². The van der Waals surface area contributed by atoms with Crippen LogP contribution in [0.15, 0.2) is 17.5 Å². The number of carbonyl (C=O) groups excluding carboxylic acids is 1. The second kappa shape index (κ2) is 7.42. The van der Waals surface area contributed by atoms with Crippen LogP contribution in [0.25, 0.3) is 0 Å². The van der Waals surface area contributed by atoms with E-state index in [9.17, 15) is 4.79 Å². The molecular formula is C12H20N2O2S. The van der Waals surface area contributed by atoms with Crippen molar-refractivity contribution in [3.63, 3.8) is 0 Å². The normalized spacial score (nSPS) is 12.7. The number of amides is 1. The van der Waals surface area contributed by atoms with Crippen molar-refractivity contribution in [1.29, 1.82) is 0 Å². The van der Waals surface area contributed by atoms with E-state index in [1.165, 1.54) is 4.88 Å². The van der Waals surface area contributed by atoms with Crippen LogP contribution in [0.4, 0.5) is 0 Å². The number of aliphatic hydroxyl groups is 1. The molecule has 0 spiro atoms. The fraction of sp³-hybridized carbons (Fsp3) is 0.583. The first-order chi connectivity index (χ1) is 8.15. The van der Waals surface area contributed by atoms with Crippen molar-refractivity contribution in [3.8, 4) is 0 Å². The predicted molar refractivity (Wildman–Crippen MR) is 70.1 cm³/mol. The fourth-order valence-corrected chi connectivity index (χ4v) is 2.48. The summed E-state index contributed by atoms with van der Waals surface area (Å²) in [6.45, 7) is 0.674. The first-order valence-electron chi connectivity index (χ1n) is 5.72. The zero-order chi connectivity index (χ0) is 12.7. The van der Waals surface area contributed by atoms with Crippen molar-refractivity contribution < 1.29 is 9.90 Å². The Hall–Kier alpha value is -0.910. The minimum atomic E-state index is 0.00227. The maximum Gasteiger partial charge on any atom is 0.220 e. The van der Waals surface area contributed by atoms with Gasteiger partial charge in [-0.25, -0.2) is 0 Å². The minimum Gasteiger partial charge on any atom is -0.396 e. The van der Waals surface area contributed by atoms with E-state index in [2.05, 4.69) is 16.3 Å². The molecule has 1 rings (SSSR count). The summed E-state index contributed by atoms with van der Waals surface area (Å²) in [6, 6.07) is 4.31. The largest absolute Gasteiger partial charge is 0.396 e. The number of thiophene rings is 1. The van der Waals surface area contributed by atoms with Crippen LogP contribution in [0, 0.1) is 0 Å². The van der Waals surface area contributed by atoms with Crippen molar-refractivity contribution in [2.24, 2.45) is 0 Å². The van der Waals surface area contributed by atoms with Crippen molar-refractivity contribution in [1.82, 2.24) is 10.2 Å². The number of hydrogen-bond donors (Lipinski definition) is 2. The van der Waals surface area contributed by atoms with Gasteiger partial charge in [-0.3, -0.25) is 4.79 Å².